The van der Waals surface area contributed by atoms with E-state index < -0.39 is 17.6 Å². The van der Waals surface area contributed by atoms with Gasteiger partial charge in [-0.05, 0) is 45.3 Å². The van der Waals surface area contributed by atoms with Gasteiger partial charge in [0.25, 0.3) is 5.91 Å². The fourth-order valence-electron chi connectivity index (χ4n) is 4.11. The molecule has 1 heterocycles. The van der Waals surface area contributed by atoms with Crippen LogP contribution < -0.4 is 10.6 Å². The molecule has 2 fully saturated rings. The number of benzene rings is 1. The van der Waals surface area contributed by atoms with Gasteiger partial charge in [-0.15, -0.1) is 0 Å². The number of carbonyl (C=O) groups excluding carboxylic acids is 3. The molecule has 2 N–H and O–H groups in total. The minimum Gasteiger partial charge on any atom is -0.354 e. The largest absolute Gasteiger partial charge is 0.354 e. The van der Waals surface area contributed by atoms with E-state index in [1.54, 1.807) is 6.92 Å². The maximum absolute atomic E-state index is 12.7. The van der Waals surface area contributed by atoms with E-state index in [1.165, 1.54) is 5.56 Å². The average Bonchev–Trinajstić information content (AvgIpc) is 3.24. The van der Waals surface area contributed by atoms with E-state index in [1.807, 2.05) is 25.2 Å². The van der Waals surface area contributed by atoms with Crippen LogP contribution >= 0.6 is 0 Å². The van der Waals surface area contributed by atoms with Crippen molar-refractivity contribution >= 4 is 17.8 Å². The molecule has 7 nitrogen and oxygen atoms in total. The summed E-state index contributed by atoms with van der Waals surface area (Å²) in [7, 11) is 2.05. The number of carbonyl (C=O) groups is 3. The Morgan fingerprint density at radius 1 is 1.25 bits per heavy atom. The Hall–Kier alpha value is -2.41. The molecule has 1 aromatic rings. The van der Waals surface area contributed by atoms with E-state index >= 15 is 0 Å². The smallest absolute Gasteiger partial charge is 0.325 e. The second kappa shape index (κ2) is 8.73. The molecule has 1 saturated carbocycles. The van der Waals surface area contributed by atoms with Gasteiger partial charge >= 0.3 is 6.03 Å². The summed E-state index contributed by atoms with van der Waals surface area (Å²) in [4.78, 5) is 40.8. The third-order valence-electron chi connectivity index (χ3n) is 5.73. The zero-order valence-electron chi connectivity index (χ0n) is 16.7. The molecular formula is C21H30N4O3. The molecule has 3 rings (SSSR count). The summed E-state index contributed by atoms with van der Waals surface area (Å²) in [5, 5.41) is 5.68. The van der Waals surface area contributed by atoms with Gasteiger partial charge in [-0.2, -0.15) is 0 Å². The molecule has 1 aliphatic heterocycles. The normalized spacial score (nSPS) is 19.3. The third kappa shape index (κ3) is 4.35. The maximum Gasteiger partial charge on any atom is 0.325 e. The van der Waals surface area contributed by atoms with Gasteiger partial charge < -0.3 is 15.5 Å². The molecule has 4 amide bonds. The number of urea groups is 1. The Morgan fingerprint density at radius 2 is 1.93 bits per heavy atom. The minimum absolute atomic E-state index is 0.250. The molecule has 152 valence electrons. The number of rotatable bonds is 8. The summed E-state index contributed by atoms with van der Waals surface area (Å²) < 4.78 is 0. The number of amides is 4. The molecule has 1 unspecified atom stereocenters. The fraction of sp³-hybridized carbons (Fsp3) is 0.571. The molecule has 28 heavy (non-hydrogen) atoms. The zero-order valence-corrected chi connectivity index (χ0v) is 16.7. The van der Waals surface area contributed by atoms with Crippen LogP contribution in [0.1, 0.15) is 44.6 Å². The van der Waals surface area contributed by atoms with Crippen molar-refractivity contribution in [2.75, 3.05) is 20.1 Å². The number of nitrogens with zero attached hydrogens (tertiary/aromatic N) is 2. The van der Waals surface area contributed by atoms with Crippen molar-refractivity contribution in [2.24, 2.45) is 0 Å². The number of imide groups is 1. The van der Waals surface area contributed by atoms with Gasteiger partial charge in [-0.1, -0.05) is 43.2 Å². The lowest BCUT2D eigenvalue weighted by Crippen LogP contribution is -2.50. The standard InChI is InChI=1S/C21H30N4O3/c1-16(25-19(27)21(23-20(25)28)11-6-7-12-21)18(26)22-13-8-14-24(2)15-17-9-4-3-5-10-17/h3-5,9-10,16H,6-8,11-15H2,1-2H3,(H,22,26)(H,23,28). The van der Waals surface area contributed by atoms with Gasteiger partial charge in [0.1, 0.15) is 11.6 Å². The SMILES string of the molecule is CC(C(=O)NCCCN(C)Cc1ccccc1)N1C(=O)NC2(CCCC2)C1=O. The first-order valence-corrected chi connectivity index (χ1v) is 10.1. The molecule has 0 radical (unpaired) electrons. The van der Waals surface area contributed by atoms with Crippen molar-refractivity contribution in [1.29, 1.82) is 0 Å². The van der Waals surface area contributed by atoms with Gasteiger partial charge in [0, 0.05) is 13.1 Å². The molecule has 0 bridgehead atoms. The van der Waals surface area contributed by atoms with Crippen LogP contribution in [-0.2, 0) is 16.1 Å². The van der Waals surface area contributed by atoms with E-state index in [4.69, 9.17) is 0 Å². The highest BCUT2D eigenvalue weighted by molar-refractivity contribution is 6.09. The van der Waals surface area contributed by atoms with E-state index in [2.05, 4.69) is 27.7 Å². The van der Waals surface area contributed by atoms with E-state index in [0.717, 1.165) is 37.3 Å². The summed E-state index contributed by atoms with van der Waals surface area (Å²) >= 11 is 0. The summed E-state index contributed by atoms with van der Waals surface area (Å²) in [5.74, 6) is -0.537. The minimum atomic E-state index is -0.797. The lowest BCUT2D eigenvalue weighted by molar-refractivity contribution is -0.137. The Balaban J connectivity index is 1.42. The third-order valence-corrected chi connectivity index (χ3v) is 5.73. The van der Waals surface area contributed by atoms with Crippen molar-refractivity contribution in [3.05, 3.63) is 35.9 Å². The van der Waals surface area contributed by atoms with Crippen LogP contribution in [0.4, 0.5) is 4.79 Å². The van der Waals surface area contributed by atoms with Gasteiger partial charge in [0.05, 0.1) is 0 Å². The highest BCUT2D eigenvalue weighted by Gasteiger charge is 2.54. The molecule has 1 aromatic carbocycles. The van der Waals surface area contributed by atoms with Crippen LogP contribution in [0.2, 0.25) is 0 Å². The Morgan fingerprint density at radius 3 is 2.61 bits per heavy atom. The van der Waals surface area contributed by atoms with Gasteiger partial charge in [0.2, 0.25) is 5.91 Å². The first kappa shape index (κ1) is 20.3. The van der Waals surface area contributed by atoms with E-state index in [-0.39, 0.29) is 11.8 Å². The average molecular weight is 386 g/mol. The van der Waals surface area contributed by atoms with Crippen molar-refractivity contribution in [1.82, 2.24) is 20.4 Å². The van der Waals surface area contributed by atoms with Crippen LogP contribution in [0, 0.1) is 0 Å². The second-order valence-corrected chi connectivity index (χ2v) is 7.94. The quantitative estimate of drug-likeness (QED) is 0.528. The van der Waals surface area contributed by atoms with Crippen molar-refractivity contribution in [3.63, 3.8) is 0 Å². The molecule has 1 aliphatic carbocycles. The maximum atomic E-state index is 12.7. The number of hydrogen-bond donors (Lipinski definition) is 2. The molecule has 7 heteroatoms. The first-order valence-electron chi connectivity index (χ1n) is 10.1. The van der Waals surface area contributed by atoms with Crippen LogP contribution in [0.3, 0.4) is 0 Å². The summed E-state index contributed by atoms with van der Waals surface area (Å²) in [6.45, 7) is 3.82. The molecule has 1 atom stereocenters. The second-order valence-electron chi connectivity index (χ2n) is 7.94. The molecular weight excluding hydrogens is 356 g/mol. The number of hydrogen-bond acceptors (Lipinski definition) is 4. The van der Waals surface area contributed by atoms with Gasteiger partial charge in [0.15, 0.2) is 0 Å². The van der Waals surface area contributed by atoms with Crippen molar-refractivity contribution < 1.29 is 14.4 Å². The lowest BCUT2D eigenvalue weighted by atomic mass is 9.97. The summed E-state index contributed by atoms with van der Waals surface area (Å²) in [6.07, 6.45) is 3.98. The van der Waals surface area contributed by atoms with E-state index in [0.29, 0.717) is 19.4 Å². The summed E-state index contributed by atoms with van der Waals surface area (Å²) in [6, 6.07) is 8.99. The van der Waals surface area contributed by atoms with Gasteiger partial charge in [-0.25, -0.2) is 9.69 Å². The summed E-state index contributed by atoms with van der Waals surface area (Å²) in [5.41, 5.74) is 0.480. The van der Waals surface area contributed by atoms with Crippen molar-refractivity contribution in [2.45, 2.75) is 57.2 Å². The topological polar surface area (TPSA) is 81.8 Å². The molecule has 1 saturated heterocycles. The Kier molecular flexibility index (Phi) is 6.34. The van der Waals surface area contributed by atoms with Crippen LogP contribution in [0.5, 0.6) is 0 Å². The monoisotopic (exact) mass is 386 g/mol. The van der Waals surface area contributed by atoms with Crippen LogP contribution in [0.15, 0.2) is 30.3 Å². The van der Waals surface area contributed by atoms with E-state index in [9.17, 15) is 14.4 Å². The predicted octanol–water partition coefficient (Wildman–Crippen LogP) is 1.88. The highest BCUT2D eigenvalue weighted by atomic mass is 16.2. The fourth-order valence-corrected chi connectivity index (χ4v) is 4.11. The Labute approximate surface area is 166 Å². The van der Waals surface area contributed by atoms with Crippen LogP contribution in [-0.4, -0.2) is 59.4 Å². The predicted molar refractivity (Wildman–Crippen MR) is 106 cm³/mol. The molecule has 2 aliphatic rings. The number of nitrogens with one attached hydrogen (secondary N) is 2. The van der Waals surface area contributed by atoms with Crippen LogP contribution in [0.25, 0.3) is 0 Å². The lowest BCUT2D eigenvalue weighted by Gasteiger charge is -2.23. The van der Waals surface area contributed by atoms with Crippen molar-refractivity contribution in [3.8, 4) is 0 Å². The molecule has 0 aromatic heterocycles. The zero-order chi connectivity index (χ0) is 20.1. The first-order chi connectivity index (χ1) is 13.4. The molecule has 1 spiro atoms. The highest BCUT2D eigenvalue weighted by Crippen LogP contribution is 2.35. The van der Waals surface area contributed by atoms with Gasteiger partial charge in [-0.3, -0.25) is 9.59 Å². The Bertz CT molecular complexity index is 716.